The fourth-order valence-corrected chi connectivity index (χ4v) is 9.07. The number of unbranched alkanes of at least 4 members (excludes halogenated alkanes) is 1. The summed E-state index contributed by atoms with van der Waals surface area (Å²) in [5.74, 6) is 0.339. The summed E-state index contributed by atoms with van der Waals surface area (Å²) in [5, 5.41) is 0.761. The Bertz CT molecular complexity index is 1520. The standard InChI is InChI=1S/C32H41FN6O2S2/c1-4-6-13-31(36-30-12-7-8-18-35-30)42-32(5-2)43(40,41)37-19-20-38-27(22-37)10-9-11-28(38)29-21-34-23-39(29)24(3)25-14-16-26(33)17-15-25/h5,7-8,12,14-18,21,23-24,27-28H,4,6,9-11,13,19-20,22H2,1-3H3. The van der Waals surface area contributed by atoms with E-state index < -0.39 is 10.0 Å². The van der Waals surface area contributed by atoms with Gasteiger partial charge in [-0.1, -0.05) is 49.4 Å². The van der Waals surface area contributed by atoms with Crippen LogP contribution in [0.3, 0.4) is 0 Å². The zero-order chi connectivity index (χ0) is 30.4. The average Bonchev–Trinajstić information content (AvgIpc) is 3.52. The zero-order valence-corrected chi connectivity index (χ0v) is 26.8. The number of thioether (sulfide) groups is 1. The van der Waals surface area contributed by atoms with Crippen LogP contribution < -0.4 is 0 Å². The highest BCUT2D eigenvalue weighted by molar-refractivity contribution is 8.26. The number of aromatic nitrogens is 3. The Morgan fingerprint density at radius 2 is 2.00 bits per heavy atom. The Kier molecular flexibility index (Phi) is 10.5. The number of hydrogen-bond acceptors (Lipinski definition) is 7. The van der Waals surface area contributed by atoms with Crippen molar-refractivity contribution in [3.05, 3.63) is 88.6 Å². The monoisotopic (exact) mass is 624 g/mol. The van der Waals surface area contributed by atoms with Crippen molar-refractivity contribution in [2.45, 2.75) is 77.4 Å². The van der Waals surface area contributed by atoms with E-state index in [0.29, 0.717) is 36.1 Å². The number of piperazine rings is 1. The average molecular weight is 625 g/mol. The van der Waals surface area contributed by atoms with Gasteiger partial charge >= 0.3 is 0 Å². The van der Waals surface area contributed by atoms with Gasteiger partial charge < -0.3 is 4.57 Å². The minimum absolute atomic E-state index is 0.00377. The van der Waals surface area contributed by atoms with Gasteiger partial charge in [0.15, 0.2) is 5.82 Å². The molecule has 11 heteroatoms. The van der Waals surface area contributed by atoms with E-state index in [1.807, 2.05) is 42.9 Å². The molecule has 5 rings (SSSR count). The van der Waals surface area contributed by atoms with Gasteiger partial charge in [0.05, 0.1) is 29.1 Å². The molecule has 2 saturated heterocycles. The van der Waals surface area contributed by atoms with Crippen molar-refractivity contribution >= 4 is 32.6 Å². The second-order valence-electron chi connectivity index (χ2n) is 11.2. The van der Waals surface area contributed by atoms with Crippen molar-refractivity contribution in [3.63, 3.8) is 0 Å². The predicted molar refractivity (Wildman–Crippen MR) is 172 cm³/mol. The van der Waals surface area contributed by atoms with Crippen LogP contribution in [0.2, 0.25) is 0 Å². The van der Waals surface area contributed by atoms with Gasteiger partial charge in [0, 0.05) is 38.1 Å². The largest absolute Gasteiger partial charge is 0.326 e. The van der Waals surface area contributed by atoms with Crippen LogP contribution in [-0.2, 0) is 10.0 Å². The first-order valence-corrected chi connectivity index (χ1v) is 17.4. The molecule has 2 aromatic heterocycles. The summed E-state index contributed by atoms with van der Waals surface area (Å²) >= 11 is 1.25. The van der Waals surface area contributed by atoms with E-state index in [-0.39, 0.29) is 23.9 Å². The number of pyridine rings is 1. The normalized spacial score (nSPS) is 21.5. The molecule has 0 saturated carbocycles. The van der Waals surface area contributed by atoms with Gasteiger partial charge in [-0.2, -0.15) is 4.31 Å². The summed E-state index contributed by atoms with van der Waals surface area (Å²) in [6.07, 6.45) is 12.8. The zero-order valence-electron chi connectivity index (χ0n) is 25.1. The molecule has 230 valence electrons. The number of fused-ring (bicyclic) bond motifs is 1. The molecular formula is C32H41FN6O2S2. The van der Waals surface area contributed by atoms with Crippen LogP contribution in [0.25, 0.3) is 0 Å². The van der Waals surface area contributed by atoms with Crippen LogP contribution in [0, 0.1) is 5.82 Å². The molecule has 0 bridgehead atoms. The third-order valence-corrected chi connectivity index (χ3v) is 12.0. The lowest BCUT2D eigenvalue weighted by Gasteiger charge is -2.48. The summed E-state index contributed by atoms with van der Waals surface area (Å²) in [4.78, 5) is 16.0. The highest BCUT2D eigenvalue weighted by atomic mass is 32.3. The van der Waals surface area contributed by atoms with Gasteiger partial charge in [-0.25, -0.2) is 27.8 Å². The number of imidazole rings is 1. The fraction of sp³-hybridized carbons (Fsp3) is 0.469. The van der Waals surface area contributed by atoms with Crippen LogP contribution in [0.4, 0.5) is 10.2 Å². The third kappa shape index (κ3) is 7.28. The van der Waals surface area contributed by atoms with E-state index in [2.05, 4.69) is 33.3 Å². The van der Waals surface area contributed by atoms with E-state index >= 15 is 0 Å². The van der Waals surface area contributed by atoms with Crippen molar-refractivity contribution in [2.75, 3.05) is 19.6 Å². The van der Waals surface area contributed by atoms with Crippen molar-refractivity contribution in [1.29, 1.82) is 0 Å². The number of aliphatic imine (C=N–C) groups is 1. The molecule has 0 aliphatic carbocycles. The molecule has 0 spiro atoms. The summed E-state index contributed by atoms with van der Waals surface area (Å²) in [7, 11) is -3.69. The Hall–Kier alpha value is -2.86. The molecule has 3 atom stereocenters. The van der Waals surface area contributed by atoms with Crippen molar-refractivity contribution in [1.82, 2.24) is 23.7 Å². The number of benzene rings is 1. The number of halogens is 1. The third-order valence-electron chi connectivity index (χ3n) is 8.39. The number of piperidine rings is 1. The highest BCUT2D eigenvalue weighted by Gasteiger charge is 2.41. The SMILES string of the molecule is CC=C(SC(CCCC)=Nc1ccccn1)S(=O)(=O)N1CCN2C(CCCC2c2cncn2C(C)c2ccc(F)cc2)C1. The van der Waals surface area contributed by atoms with Gasteiger partial charge in [-0.3, -0.25) is 4.90 Å². The minimum Gasteiger partial charge on any atom is -0.326 e. The van der Waals surface area contributed by atoms with E-state index in [0.717, 1.165) is 48.4 Å². The van der Waals surface area contributed by atoms with Crippen LogP contribution in [-0.4, -0.2) is 62.9 Å². The first-order chi connectivity index (χ1) is 20.8. The first-order valence-electron chi connectivity index (χ1n) is 15.2. The van der Waals surface area contributed by atoms with Crippen LogP contribution in [0.15, 0.2) is 76.5 Å². The lowest BCUT2D eigenvalue weighted by Crippen LogP contribution is -2.57. The molecule has 2 aliphatic rings. The van der Waals surface area contributed by atoms with Crippen LogP contribution in [0.1, 0.15) is 82.6 Å². The van der Waals surface area contributed by atoms with E-state index in [9.17, 15) is 12.8 Å². The first kappa shape index (κ1) is 31.6. The van der Waals surface area contributed by atoms with Gasteiger partial charge in [-0.15, -0.1) is 0 Å². The highest BCUT2D eigenvalue weighted by Crippen LogP contribution is 2.39. The van der Waals surface area contributed by atoms with Crippen molar-refractivity contribution in [2.24, 2.45) is 4.99 Å². The van der Waals surface area contributed by atoms with E-state index in [1.54, 1.807) is 23.5 Å². The van der Waals surface area contributed by atoms with Crippen molar-refractivity contribution in [3.8, 4) is 0 Å². The summed E-state index contributed by atoms with van der Waals surface area (Å²) in [6.45, 7) is 7.54. The minimum atomic E-state index is -3.69. The Balaban J connectivity index is 1.31. The Labute approximate surface area is 259 Å². The molecule has 2 aliphatic heterocycles. The van der Waals surface area contributed by atoms with Gasteiger partial charge in [0.25, 0.3) is 0 Å². The topological polar surface area (TPSA) is 83.7 Å². The number of hydrogen-bond donors (Lipinski definition) is 0. The molecule has 0 amide bonds. The molecular weight excluding hydrogens is 584 g/mol. The number of sulfonamides is 1. The van der Waals surface area contributed by atoms with Crippen LogP contribution >= 0.6 is 11.8 Å². The van der Waals surface area contributed by atoms with E-state index in [4.69, 9.17) is 4.99 Å². The lowest BCUT2D eigenvalue weighted by atomic mass is 9.92. The fourth-order valence-electron chi connectivity index (χ4n) is 6.06. The second-order valence-corrected chi connectivity index (χ2v) is 14.4. The molecule has 0 radical (unpaired) electrons. The summed E-state index contributed by atoms with van der Waals surface area (Å²) < 4.78 is 45.7. The number of rotatable bonds is 10. The summed E-state index contributed by atoms with van der Waals surface area (Å²) in [6, 6.07) is 12.5. The molecule has 1 aromatic carbocycles. The molecule has 3 aromatic rings. The van der Waals surface area contributed by atoms with Gasteiger partial charge in [0.2, 0.25) is 10.0 Å². The maximum Gasteiger partial charge on any atom is 0.249 e. The maximum absolute atomic E-state index is 14.0. The van der Waals surface area contributed by atoms with E-state index in [1.165, 1.54) is 23.9 Å². The summed E-state index contributed by atoms with van der Waals surface area (Å²) in [5.41, 5.74) is 2.14. The molecule has 0 N–H and O–H groups in total. The lowest BCUT2D eigenvalue weighted by molar-refractivity contribution is 0.0324. The van der Waals surface area contributed by atoms with Crippen LogP contribution in [0.5, 0.6) is 0 Å². The molecule has 8 nitrogen and oxygen atoms in total. The van der Waals surface area contributed by atoms with Gasteiger partial charge in [-0.05, 0) is 75.8 Å². The quantitative estimate of drug-likeness (QED) is 0.177. The molecule has 3 unspecified atom stereocenters. The number of nitrogens with zero attached hydrogens (tertiary/aromatic N) is 6. The van der Waals surface area contributed by atoms with Gasteiger partial charge in [0.1, 0.15) is 10.1 Å². The number of allylic oxidation sites excluding steroid dienone is 1. The smallest absolute Gasteiger partial charge is 0.249 e. The van der Waals surface area contributed by atoms with Crippen molar-refractivity contribution < 1.29 is 12.8 Å². The molecule has 4 heterocycles. The molecule has 43 heavy (non-hydrogen) atoms. The Morgan fingerprint density at radius 3 is 2.72 bits per heavy atom. The molecule has 2 fully saturated rings. The maximum atomic E-state index is 14.0. The Morgan fingerprint density at radius 1 is 1.19 bits per heavy atom. The second kappa shape index (κ2) is 14.3. The predicted octanol–water partition coefficient (Wildman–Crippen LogP) is 7.08.